The fraction of sp³-hybridized carbons (Fsp3) is 0.333. The maximum atomic E-state index is 14.1. The number of carbonyl (C=O) groups excluding carboxylic acids is 2. The molecule has 214 valence electrons. The zero-order valence-corrected chi connectivity index (χ0v) is 25.6. The highest BCUT2D eigenvalue weighted by Gasteiger charge is 2.34. The van der Waals surface area contributed by atoms with Crippen molar-refractivity contribution in [2.24, 2.45) is 0 Å². The number of benzene rings is 3. The molecule has 0 aromatic heterocycles. The quantitative estimate of drug-likeness (QED) is 0.285. The molecular formula is C30H35Cl2N3O4S. The van der Waals surface area contributed by atoms with Crippen LogP contribution in [-0.2, 0) is 26.2 Å². The Morgan fingerprint density at radius 1 is 0.925 bits per heavy atom. The van der Waals surface area contributed by atoms with E-state index in [4.69, 9.17) is 23.2 Å². The zero-order chi connectivity index (χ0) is 29.6. The molecular weight excluding hydrogens is 569 g/mol. The maximum Gasteiger partial charge on any atom is 0.264 e. The number of nitrogens with one attached hydrogen (secondary N) is 1. The normalized spacial score (nSPS) is 12.2. The van der Waals surface area contributed by atoms with Crippen LogP contribution in [0.3, 0.4) is 0 Å². The Morgan fingerprint density at radius 3 is 2.12 bits per heavy atom. The summed E-state index contributed by atoms with van der Waals surface area (Å²) in [6.45, 7) is 8.62. The summed E-state index contributed by atoms with van der Waals surface area (Å²) >= 11 is 12.4. The van der Waals surface area contributed by atoms with Crippen molar-refractivity contribution < 1.29 is 18.0 Å². The van der Waals surface area contributed by atoms with E-state index in [1.807, 2.05) is 27.7 Å². The molecule has 0 aliphatic carbocycles. The van der Waals surface area contributed by atoms with E-state index in [9.17, 15) is 18.0 Å². The third-order valence-corrected chi connectivity index (χ3v) is 8.91. The van der Waals surface area contributed by atoms with Gasteiger partial charge in [-0.05, 0) is 81.6 Å². The first kappa shape index (κ1) is 31.5. The molecule has 0 saturated carbocycles. The number of aryl methyl sites for hydroxylation is 1. The summed E-state index contributed by atoms with van der Waals surface area (Å²) in [6.07, 6.45) is 0.332. The Balaban J connectivity index is 2.10. The van der Waals surface area contributed by atoms with Gasteiger partial charge in [0, 0.05) is 22.6 Å². The first-order valence-corrected chi connectivity index (χ1v) is 15.2. The van der Waals surface area contributed by atoms with Crippen molar-refractivity contribution in [3.8, 4) is 0 Å². The Labute approximate surface area is 247 Å². The van der Waals surface area contributed by atoms with Gasteiger partial charge in [0.25, 0.3) is 10.0 Å². The standard InChI is InChI=1S/C30H35Cl2N3O4S/c1-6-27(30(37)33-20(2)3)34(18-23-12-14-24(31)15-13-23)29(36)19-35(28-9-7-8-26(32)22(28)5)40(38,39)25-16-10-21(4)11-17-25/h7-17,20,27H,6,18-19H2,1-5H3,(H,33,37). The van der Waals surface area contributed by atoms with Crippen LogP contribution in [0.2, 0.25) is 10.0 Å². The van der Waals surface area contributed by atoms with Crippen molar-refractivity contribution in [1.82, 2.24) is 10.2 Å². The van der Waals surface area contributed by atoms with Crippen molar-refractivity contribution in [3.63, 3.8) is 0 Å². The molecule has 1 unspecified atom stereocenters. The van der Waals surface area contributed by atoms with Crippen molar-refractivity contribution in [1.29, 1.82) is 0 Å². The van der Waals surface area contributed by atoms with Crippen molar-refractivity contribution in [3.05, 3.63) is 93.5 Å². The van der Waals surface area contributed by atoms with E-state index in [2.05, 4.69) is 5.32 Å². The van der Waals surface area contributed by atoms with Gasteiger partial charge >= 0.3 is 0 Å². The molecule has 3 aromatic carbocycles. The van der Waals surface area contributed by atoms with Gasteiger partial charge in [-0.2, -0.15) is 0 Å². The summed E-state index contributed by atoms with van der Waals surface area (Å²) < 4.78 is 29.1. The highest BCUT2D eigenvalue weighted by Crippen LogP contribution is 2.31. The number of sulfonamides is 1. The van der Waals surface area contributed by atoms with Gasteiger partial charge in [0.1, 0.15) is 12.6 Å². The summed E-state index contributed by atoms with van der Waals surface area (Å²) in [7, 11) is -4.18. The van der Waals surface area contributed by atoms with Crippen LogP contribution in [0.15, 0.2) is 71.6 Å². The Bertz CT molecular complexity index is 1440. The van der Waals surface area contributed by atoms with E-state index in [0.717, 1.165) is 15.4 Å². The SMILES string of the molecule is CCC(C(=O)NC(C)C)N(Cc1ccc(Cl)cc1)C(=O)CN(c1cccc(Cl)c1C)S(=O)(=O)c1ccc(C)cc1. The molecule has 7 nitrogen and oxygen atoms in total. The lowest BCUT2D eigenvalue weighted by Crippen LogP contribution is -2.53. The third kappa shape index (κ3) is 7.56. The molecule has 3 aromatic rings. The molecule has 2 amide bonds. The smallest absolute Gasteiger partial charge is 0.264 e. The average molecular weight is 605 g/mol. The van der Waals surface area contributed by atoms with Crippen LogP contribution in [0, 0.1) is 13.8 Å². The second-order valence-electron chi connectivity index (χ2n) is 9.94. The molecule has 40 heavy (non-hydrogen) atoms. The van der Waals surface area contributed by atoms with Gasteiger partial charge in [0.15, 0.2) is 0 Å². The Kier molecular flexibility index (Phi) is 10.6. The van der Waals surface area contributed by atoms with Crippen LogP contribution in [0.1, 0.15) is 43.9 Å². The predicted molar refractivity (Wildman–Crippen MR) is 161 cm³/mol. The number of amides is 2. The lowest BCUT2D eigenvalue weighted by Gasteiger charge is -2.34. The lowest BCUT2D eigenvalue weighted by molar-refractivity contribution is -0.140. The summed E-state index contributed by atoms with van der Waals surface area (Å²) in [4.78, 5) is 28.8. The van der Waals surface area contributed by atoms with E-state index in [1.54, 1.807) is 61.5 Å². The van der Waals surface area contributed by atoms with Crippen LogP contribution in [0.4, 0.5) is 5.69 Å². The van der Waals surface area contributed by atoms with E-state index in [1.165, 1.54) is 17.0 Å². The van der Waals surface area contributed by atoms with Crippen molar-refractivity contribution in [2.45, 2.75) is 64.6 Å². The summed E-state index contributed by atoms with van der Waals surface area (Å²) in [6, 6.07) is 17.4. The minimum absolute atomic E-state index is 0.0409. The number of carbonyl (C=O) groups is 2. The minimum atomic E-state index is -4.18. The van der Waals surface area contributed by atoms with E-state index in [-0.39, 0.29) is 29.1 Å². The van der Waals surface area contributed by atoms with Crippen LogP contribution in [0.5, 0.6) is 0 Å². The molecule has 0 aliphatic heterocycles. The number of hydrogen-bond acceptors (Lipinski definition) is 4. The summed E-state index contributed by atoms with van der Waals surface area (Å²) in [5.41, 5.74) is 2.45. The number of hydrogen-bond donors (Lipinski definition) is 1. The van der Waals surface area contributed by atoms with Gasteiger partial charge in [-0.1, -0.05) is 66.0 Å². The zero-order valence-electron chi connectivity index (χ0n) is 23.3. The van der Waals surface area contributed by atoms with Gasteiger partial charge in [0.05, 0.1) is 10.6 Å². The second kappa shape index (κ2) is 13.5. The summed E-state index contributed by atoms with van der Waals surface area (Å²) in [5.74, 6) is -0.845. The monoisotopic (exact) mass is 603 g/mol. The molecule has 1 atom stereocenters. The summed E-state index contributed by atoms with van der Waals surface area (Å²) in [5, 5.41) is 3.79. The van der Waals surface area contributed by atoms with Gasteiger partial charge < -0.3 is 10.2 Å². The number of anilines is 1. The Hall–Kier alpha value is -3.07. The topological polar surface area (TPSA) is 86.8 Å². The van der Waals surface area contributed by atoms with E-state index < -0.39 is 28.5 Å². The largest absolute Gasteiger partial charge is 0.352 e. The molecule has 1 N–H and O–H groups in total. The number of rotatable bonds is 11. The van der Waals surface area contributed by atoms with Gasteiger partial charge in [-0.25, -0.2) is 8.42 Å². The molecule has 0 spiro atoms. The molecule has 0 heterocycles. The maximum absolute atomic E-state index is 14.1. The van der Waals surface area contributed by atoms with Gasteiger partial charge in [-0.3, -0.25) is 13.9 Å². The molecule has 10 heteroatoms. The molecule has 0 aliphatic rings. The molecule has 0 fully saturated rings. The van der Waals surface area contributed by atoms with Crippen molar-refractivity contribution in [2.75, 3.05) is 10.8 Å². The van der Waals surface area contributed by atoms with Crippen LogP contribution in [0.25, 0.3) is 0 Å². The number of halogens is 2. The first-order valence-electron chi connectivity index (χ1n) is 13.0. The minimum Gasteiger partial charge on any atom is -0.352 e. The third-order valence-electron chi connectivity index (χ3n) is 6.48. The molecule has 0 saturated heterocycles. The van der Waals surface area contributed by atoms with Crippen LogP contribution < -0.4 is 9.62 Å². The van der Waals surface area contributed by atoms with Crippen molar-refractivity contribution >= 4 is 50.7 Å². The molecule has 0 bridgehead atoms. The van der Waals surface area contributed by atoms with E-state index in [0.29, 0.717) is 22.0 Å². The highest BCUT2D eigenvalue weighted by molar-refractivity contribution is 7.92. The van der Waals surface area contributed by atoms with Gasteiger partial charge in [0.2, 0.25) is 11.8 Å². The fourth-order valence-corrected chi connectivity index (χ4v) is 6.07. The molecule has 0 radical (unpaired) electrons. The lowest BCUT2D eigenvalue weighted by atomic mass is 10.1. The van der Waals surface area contributed by atoms with Crippen LogP contribution >= 0.6 is 23.2 Å². The van der Waals surface area contributed by atoms with E-state index >= 15 is 0 Å². The number of nitrogens with zero attached hydrogens (tertiary/aromatic N) is 2. The van der Waals surface area contributed by atoms with Gasteiger partial charge in [-0.15, -0.1) is 0 Å². The highest BCUT2D eigenvalue weighted by atomic mass is 35.5. The Morgan fingerprint density at radius 2 is 1.55 bits per heavy atom. The fourth-order valence-electron chi connectivity index (χ4n) is 4.30. The predicted octanol–water partition coefficient (Wildman–Crippen LogP) is 6.14. The second-order valence-corrected chi connectivity index (χ2v) is 12.7. The first-order chi connectivity index (χ1) is 18.8. The van der Waals surface area contributed by atoms with Crippen LogP contribution in [-0.4, -0.2) is 43.8 Å². The average Bonchev–Trinajstić information content (AvgIpc) is 2.89. The molecule has 3 rings (SSSR count).